The number of nitrogens with one attached hydrogen (secondary N) is 1. The van der Waals surface area contributed by atoms with Crippen molar-refractivity contribution < 1.29 is 4.74 Å². The highest BCUT2D eigenvalue weighted by molar-refractivity contribution is 5.36. The van der Waals surface area contributed by atoms with Gasteiger partial charge in [-0.2, -0.15) is 0 Å². The van der Waals surface area contributed by atoms with Crippen molar-refractivity contribution in [2.75, 3.05) is 7.05 Å². The van der Waals surface area contributed by atoms with E-state index in [1.807, 2.05) is 31.7 Å². The van der Waals surface area contributed by atoms with Gasteiger partial charge in [-0.3, -0.25) is 0 Å². The maximum Gasteiger partial charge on any atom is 0.130 e. The largest absolute Gasteiger partial charge is 0.487 e. The minimum atomic E-state index is 0.316. The van der Waals surface area contributed by atoms with Gasteiger partial charge in [-0.25, -0.2) is 4.98 Å². The maximum atomic E-state index is 6.06. The summed E-state index contributed by atoms with van der Waals surface area (Å²) in [7, 11) is 1.98. The van der Waals surface area contributed by atoms with Gasteiger partial charge in [-0.15, -0.1) is 0 Å². The van der Waals surface area contributed by atoms with Crippen LogP contribution in [0.3, 0.4) is 0 Å². The van der Waals surface area contributed by atoms with Gasteiger partial charge in [0.2, 0.25) is 0 Å². The van der Waals surface area contributed by atoms with Crippen molar-refractivity contribution in [3.8, 4) is 5.75 Å². The van der Waals surface area contributed by atoms with E-state index < -0.39 is 0 Å². The van der Waals surface area contributed by atoms with E-state index in [4.69, 9.17) is 4.74 Å². The van der Waals surface area contributed by atoms with E-state index in [0.29, 0.717) is 18.7 Å². The highest BCUT2D eigenvalue weighted by atomic mass is 16.5. The van der Waals surface area contributed by atoms with E-state index in [9.17, 15) is 0 Å². The fourth-order valence-corrected chi connectivity index (χ4v) is 2.54. The van der Waals surface area contributed by atoms with Gasteiger partial charge in [0.25, 0.3) is 0 Å². The second-order valence-electron chi connectivity index (χ2n) is 5.46. The number of imidazole rings is 1. The number of para-hydroxylation sites is 1. The topological polar surface area (TPSA) is 39.1 Å². The van der Waals surface area contributed by atoms with Crippen LogP contribution in [0.4, 0.5) is 0 Å². The molecule has 1 atom stereocenters. The third kappa shape index (κ3) is 3.64. The van der Waals surface area contributed by atoms with Gasteiger partial charge in [0, 0.05) is 17.6 Å². The first-order valence-corrected chi connectivity index (χ1v) is 7.57. The maximum absolute atomic E-state index is 6.06. The van der Waals surface area contributed by atoms with Crippen molar-refractivity contribution in [2.24, 2.45) is 0 Å². The molecular weight excluding hydrogens is 262 g/mol. The van der Waals surface area contributed by atoms with Crippen molar-refractivity contribution in [2.45, 2.75) is 45.9 Å². The summed E-state index contributed by atoms with van der Waals surface area (Å²) in [5.74, 6) is 0.940. The summed E-state index contributed by atoms with van der Waals surface area (Å²) in [4.78, 5) is 4.22. The van der Waals surface area contributed by atoms with E-state index in [1.54, 1.807) is 0 Å². The predicted octanol–water partition coefficient (Wildman–Crippen LogP) is 3.71. The number of ether oxygens (including phenoxy) is 1. The second kappa shape index (κ2) is 7.27. The summed E-state index contributed by atoms with van der Waals surface area (Å²) in [6.45, 7) is 7.00. The summed E-state index contributed by atoms with van der Waals surface area (Å²) in [6.07, 6.45) is 4.76. The molecule has 0 fully saturated rings. The van der Waals surface area contributed by atoms with Crippen molar-refractivity contribution in [1.29, 1.82) is 0 Å². The molecule has 0 amide bonds. The van der Waals surface area contributed by atoms with Crippen LogP contribution in [0.5, 0.6) is 5.75 Å². The smallest absolute Gasteiger partial charge is 0.130 e. The molecule has 0 radical (unpaired) electrons. The van der Waals surface area contributed by atoms with Crippen molar-refractivity contribution in [1.82, 2.24) is 14.9 Å². The molecule has 2 aromatic rings. The Morgan fingerprint density at radius 1 is 1.29 bits per heavy atom. The Morgan fingerprint density at radius 3 is 2.71 bits per heavy atom. The molecule has 1 aromatic carbocycles. The van der Waals surface area contributed by atoms with Crippen molar-refractivity contribution in [3.63, 3.8) is 0 Å². The van der Waals surface area contributed by atoms with Crippen LogP contribution in [0.25, 0.3) is 0 Å². The van der Waals surface area contributed by atoms with E-state index in [-0.39, 0.29) is 0 Å². The zero-order chi connectivity index (χ0) is 15.2. The third-order valence-corrected chi connectivity index (χ3v) is 3.73. The Morgan fingerprint density at radius 2 is 2.05 bits per heavy atom. The van der Waals surface area contributed by atoms with Gasteiger partial charge in [0.05, 0.1) is 18.2 Å². The van der Waals surface area contributed by atoms with Crippen LogP contribution in [0.15, 0.2) is 36.8 Å². The van der Waals surface area contributed by atoms with E-state index in [1.165, 1.54) is 5.56 Å². The number of nitrogens with zero attached hydrogens (tertiary/aromatic N) is 2. The summed E-state index contributed by atoms with van der Waals surface area (Å²) < 4.78 is 8.19. The monoisotopic (exact) mass is 287 g/mol. The van der Waals surface area contributed by atoms with Crippen LogP contribution in [0.1, 0.15) is 50.5 Å². The number of benzene rings is 1. The molecule has 1 unspecified atom stereocenters. The third-order valence-electron chi connectivity index (χ3n) is 3.73. The lowest BCUT2D eigenvalue weighted by Crippen LogP contribution is -2.16. The molecular formula is C17H25N3O. The molecule has 0 aliphatic carbocycles. The summed E-state index contributed by atoms with van der Waals surface area (Å²) in [5.41, 5.74) is 2.30. The Hall–Kier alpha value is -1.81. The molecule has 0 bridgehead atoms. The molecule has 1 N–H and O–H groups in total. The van der Waals surface area contributed by atoms with Crippen LogP contribution in [-0.2, 0) is 6.61 Å². The minimum Gasteiger partial charge on any atom is -0.487 e. The lowest BCUT2D eigenvalue weighted by atomic mass is 10.0. The molecule has 2 rings (SSSR count). The summed E-state index contributed by atoms with van der Waals surface area (Å²) in [6, 6.07) is 8.94. The molecule has 0 aliphatic heterocycles. The van der Waals surface area contributed by atoms with Crippen LogP contribution >= 0.6 is 0 Å². The summed E-state index contributed by atoms with van der Waals surface area (Å²) in [5, 5.41) is 3.33. The molecule has 0 aliphatic rings. The molecule has 1 heterocycles. The normalized spacial score (nSPS) is 12.6. The Kier molecular flexibility index (Phi) is 5.39. The lowest BCUT2D eigenvalue weighted by Gasteiger charge is -2.19. The number of hydrogen-bond acceptors (Lipinski definition) is 3. The van der Waals surface area contributed by atoms with E-state index in [2.05, 4.69) is 47.8 Å². The molecule has 114 valence electrons. The zero-order valence-corrected chi connectivity index (χ0v) is 13.3. The average Bonchev–Trinajstić information content (AvgIpc) is 2.96. The highest BCUT2D eigenvalue weighted by Gasteiger charge is 2.13. The number of aromatic nitrogens is 2. The first kappa shape index (κ1) is 15.6. The second-order valence-corrected chi connectivity index (χ2v) is 5.46. The molecule has 0 spiro atoms. The molecule has 0 saturated carbocycles. The van der Waals surface area contributed by atoms with Crippen molar-refractivity contribution >= 4 is 0 Å². The average molecular weight is 287 g/mol. The quantitative estimate of drug-likeness (QED) is 0.843. The Balaban J connectivity index is 2.15. The van der Waals surface area contributed by atoms with Crippen LogP contribution in [-0.4, -0.2) is 16.6 Å². The van der Waals surface area contributed by atoms with Crippen molar-refractivity contribution in [3.05, 3.63) is 48.0 Å². The zero-order valence-electron chi connectivity index (χ0n) is 13.3. The fraction of sp³-hybridized carbons (Fsp3) is 0.471. The van der Waals surface area contributed by atoms with Gasteiger partial charge < -0.3 is 14.6 Å². The van der Waals surface area contributed by atoms with Gasteiger partial charge in [-0.05, 0) is 33.4 Å². The molecule has 4 heteroatoms. The lowest BCUT2D eigenvalue weighted by molar-refractivity contribution is 0.286. The predicted molar refractivity (Wildman–Crippen MR) is 85.5 cm³/mol. The number of hydrogen-bond donors (Lipinski definition) is 1. The molecule has 21 heavy (non-hydrogen) atoms. The Bertz CT molecular complexity index is 559. The summed E-state index contributed by atoms with van der Waals surface area (Å²) >= 11 is 0. The molecule has 1 aromatic heterocycles. The first-order chi connectivity index (χ1) is 10.2. The van der Waals surface area contributed by atoms with Gasteiger partial charge in [0.1, 0.15) is 12.4 Å². The van der Waals surface area contributed by atoms with Gasteiger partial charge in [-0.1, -0.05) is 25.1 Å². The van der Waals surface area contributed by atoms with E-state index in [0.717, 1.165) is 17.9 Å². The molecule has 4 nitrogen and oxygen atoms in total. The van der Waals surface area contributed by atoms with Gasteiger partial charge in [0.15, 0.2) is 0 Å². The SMILES string of the molecule is CCC(NC)c1ccccc1OCc1cncn1C(C)C. The fourth-order valence-electron chi connectivity index (χ4n) is 2.54. The van der Waals surface area contributed by atoms with Crippen LogP contribution < -0.4 is 10.1 Å². The Labute approximate surface area is 127 Å². The highest BCUT2D eigenvalue weighted by Crippen LogP contribution is 2.27. The first-order valence-electron chi connectivity index (χ1n) is 7.57. The molecule has 0 saturated heterocycles. The van der Waals surface area contributed by atoms with E-state index >= 15 is 0 Å². The minimum absolute atomic E-state index is 0.316. The standard InChI is InChI=1S/C17H25N3O/c1-5-16(18-4)15-8-6-7-9-17(15)21-11-14-10-19-12-20(14)13(2)3/h6-10,12-13,16,18H,5,11H2,1-4H3. The van der Waals surface area contributed by atoms with Crippen LogP contribution in [0.2, 0.25) is 0 Å². The van der Waals surface area contributed by atoms with Crippen LogP contribution in [0, 0.1) is 0 Å². The van der Waals surface area contributed by atoms with Gasteiger partial charge >= 0.3 is 0 Å². The number of rotatable bonds is 7.